The van der Waals surface area contributed by atoms with Gasteiger partial charge in [-0.1, -0.05) is 12.1 Å². The molecule has 2 aliphatic heterocycles. The molecule has 6 nitrogen and oxygen atoms in total. The van der Waals surface area contributed by atoms with Gasteiger partial charge in [-0.3, -0.25) is 9.69 Å². The van der Waals surface area contributed by atoms with Crippen LogP contribution in [0.15, 0.2) is 36.7 Å². The largest absolute Gasteiger partial charge is 0.466 e. The molecule has 168 valence electrons. The summed E-state index contributed by atoms with van der Waals surface area (Å²) in [7, 11) is 0. The monoisotopic (exact) mass is 425 g/mol. The van der Waals surface area contributed by atoms with Crippen LogP contribution >= 0.6 is 0 Å². The number of aryl methyl sites for hydroxylation is 1. The highest BCUT2D eigenvalue weighted by Crippen LogP contribution is 2.40. The number of nitrogens with zero attached hydrogens (tertiary/aromatic N) is 3. The van der Waals surface area contributed by atoms with Gasteiger partial charge < -0.3 is 14.0 Å². The Morgan fingerprint density at radius 3 is 2.84 bits per heavy atom. The number of ether oxygens (including phenoxy) is 2. The third-order valence-corrected chi connectivity index (χ3v) is 6.78. The van der Waals surface area contributed by atoms with E-state index in [4.69, 9.17) is 9.47 Å². The Hall–Kier alpha value is -2.18. The predicted octanol–water partition coefficient (Wildman–Crippen LogP) is 4.29. The predicted molar refractivity (Wildman–Crippen MR) is 120 cm³/mol. The second-order valence-corrected chi connectivity index (χ2v) is 9.02. The Morgan fingerprint density at radius 1 is 1.29 bits per heavy atom. The molecule has 0 radical (unpaired) electrons. The maximum Gasteiger partial charge on any atom is 0.312 e. The lowest BCUT2D eigenvalue weighted by Gasteiger charge is -2.42. The molecule has 0 amide bonds. The standard InChI is InChI=1S/C25H35N3O3/c1-3-30-24(29)25(18-22-9-4-5-16-31-22)10-13-27(14-11-25)19-23-26-12-15-28(23)21-8-6-7-20(2)17-21/h6-8,12,15,17,22H,3-5,9-11,13-14,16,18-19H2,1-2H3. The second-order valence-electron chi connectivity index (χ2n) is 9.02. The van der Waals surface area contributed by atoms with Crippen molar-refractivity contribution in [1.82, 2.24) is 14.5 Å². The van der Waals surface area contributed by atoms with Gasteiger partial charge in [-0.15, -0.1) is 0 Å². The van der Waals surface area contributed by atoms with Crippen LogP contribution in [0.3, 0.4) is 0 Å². The van der Waals surface area contributed by atoms with E-state index in [-0.39, 0.29) is 12.1 Å². The molecule has 3 heterocycles. The molecule has 2 aromatic rings. The molecule has 2 fully saturated rings. The molecule has 0 bridgehead atoms. The molecule has 0 N–H and O–H groups in total. The summed E-state index contributed by atoms with van der Waals surface area (Å²) in [5, 5.41) is 0. The Morgan fingerprint density at radius 2 is 2.13 bits per heavy atom. The minimum atomic E-state index is -0.416. The van der Waals surface area contributed by atoms with E-state index in [1.54, 1.807) is 0 Å². The zero-order valence-corrected chi connectivity index (χ0v) is 18.9. The molecule has 6 heteroatoms. The molecule has 1 unspecified atom stereocenters. The maximum atomic E-state index is 13.0. The summed E-state index contributed by atoms with van der Waals surface area (Å²) in [6.07, 6.45) is 9.87. The lowest BCUT2D eigenvalue weighted by molar-refractivity contribution is -0.162. The van der Waals surface area contributed by atoms with E-state index in [1.807, 2.05) is 19.3 Å². The Labute approximate surface area is 185 Å². The smallest absolute Gasteiger partial charge is 0.312 e. The van der Waals surface area contributed by atoms with E-state index >= 15 is 0 Å². The van der Waals surface area contributed by atoms with Crippen LogP contribution in [-0.2, 0) is 20.8 Å². The van der Waals surface area contributed by atoms with Crippen LogP contribution in [0.5, 0.6) is 0 Å². The van der Waals surface area contributed by atoms with Crippen LogP contribution in [0, 0.1) is 12.3 Å². The molecule has 2 saturated heterocycles. The first-order valence-electron chi connectivity index (χ1n) is 11.7. The van der Waals surface area contributed by atoms with Gasteiger partial charge in [0.15, 0.2) is 0 Å². The molecule has 0 saturated carbocycles. The van der Waals surface area contributed by atoms with E-state index in [0.717, 1.165) is 69.9 Å². The van der Waals surface area contributed by atoms with Crippen LogP contribution in [0.4, 0.5) is 0 Å². The SMILES string of the molecule is CCOC(=O)C1(CC2CCCCO2)CCN(Cc2nccn2-c2cccc(C)c2)CC1. The van der Waals surface area contributed by atoms with Crippen LogP contribution in [0.25, 0.3) is 5.69 Å². The lowest BCUT2D eigenvalue weighted by atomic mass is 9.73. The van der Waals surface area contributed by atoms with Crippen LogP contribution < -0.4 is 0 Å². The molecular weight excluding hydrogens is 390 g/mol. The van der Waals surface area contributed by atoms with Gasteiger partial charge in [0.05, 0.1) is 24.7 Å². The van der Waals surface area contributed by atoms with Crippen molar-refractivity contribution in [2.24, 2.45) is 5.41 Å². The van der Waals surface area contributed by atoms with E-state index < -0.39 is 5.41 Å². The molecule has 1 atom stereocenters. The number of rotatable bonds is 7. The number of likely N-dealkylation sites (tertiary alicyclic amines) is 1. The fraction of sp³-hybridized carbons (Fsp3) is 0.600. The minimum Gasteiger partial charge on any atom is -0.466 e. The summed E-state index contributed by atoms with van der Waals surface area (Å²) in [6.45, 7) is 7.76. The Kier molecular flexibility index (Phi) is 7.08. The Bertz CT molecular complexity index is 864. The number of imidazole rings is 1. The van der Waals surface area contributed by atoms with Crippen molar-refractivity contribution >= 4 is 5.97 Å². The number of carbonyl (C=O) groups is 1. The fourth-order valence-corrected chi connectivity index (χ4v) is 4.98. The maximum absolute atomic E-state index is 13.0. The highest BCUT2D eigenvalue weighted by atomic mass is 16.5. The van der Waals surface area contributed by atoms with Crippen molar-refractivity contribution in [2.75, 3.05) is 26.3 Å². The van der Waals surface area contributed by atoms with Crippen LogP contribution in [0.2, 0.25) is 0 Å². The minimum absolute atomic E-state index is 0.0370. The first-order chi connectivity index (χ1) is 15.1. The van der Waals surface area contributed by atoms with Crippen molar-refractivity contribution in [3.8, 4) is 5.69 Å². The van der Waals surface area contributed by atoms with Crippen LogP contribution in [-0.4, -0.2) is 52.8 Å². The molecular formula is C25H35N3O3. The van der Waals surface area contributed by atoms with Gasteiger partial charge in [-0.2, -0.15) is 0 Å². The highest BCUT2D eigenvalue weighted by Gasteiger charge is 2.44. The number of piperidine rings is 1. The first-order valence-corrected chi connectivity index (χ1v) is 11.7. The summed E-state index contributed by atoms with van der Waals surface area (Å²) in [6, 6.07) is 8.48. The Balaban J connectivity index is 1.43. The highest BCUT2D eigenvalue weighted by molar-refractivity contribution is 5.77. The molecule has 0 spiro atoms. The van der Waals surface area contributed by atoms with Gasteiger partial charge in [-0.05, 0) is 83.2 Å². The van der Waals surface area contributed by atoms with Crippen molar-refractivity contribution in [1.29, 1.82) is 0 Å². The third kappa shape index (κ3) is 5.18. The summed E-state index contributed by atoms with van der Waals surface area (Å²) in [4.78, 5) is 20.0. The lowest BCUT2D eigenvalue weighted by Crippen LogP contribution is -2.47. The normalized spacial score (nSPS) is 21.7. The topological polar surface area (TPSA) is 56.6 Å². The van der Waals surface area contributed by atoms with E-state index in [9.17, 15) is 4.79 Å². The zero-order valence-electron chi connectivity index (χ0n) is 18.9. The van der Waals surface area contributed by atoms with Crippen molar-refractivity contribution in [2.45, 2.75) is 65.0 Å². The average molecular weight is 426 g/mol. The van der Waals surface area contributed by atoms with Gasteiger partial charge in [-0.25, -0.2) is 4.98 Å². The molecule has 0 aliphatic carbocycles. The van der Waals surface area contributed by atoms with Crippen molar-refractivity contribution in [3.05, 3.63) is 48.0 Å². The quantitative estimate of drug-likeness (QED) is 0.620. The number of benzene rings is 1. The number of esters is 1. The number of hydrogen-bond donors (Lipinski definition) is 0. The van der Waals surface area contributed by atoms with Gasteiger partial charge >= 0.3 is 5.97 Å². The molecule has 1 aromatic carbocycles. The summed E-state index contributed by atoms with van der Waals surface area (Å²) in [5.74, 6) is 0.995. The molecule has 1 aromatic heterocycles. The van der Waals surface area contributed by atoms with Gasteiger partial charge in [0, 0.05) is 24.7 Å². The third-order valence-electron chi connectivity index (χ3n) is 6.78. The number of aromatic nitrogens is 2. The first kappa shape index (κ1) is 22.0. The summed E-state index contributed by atoms with van der Waals surface area (Å²) >= 11 is 0. The van der Waals surface area contributed by atoms with Gasteiger partial charge in [0.25, 0.3) is 0 Å². The van der Waals surface area contributed by atoms with E-state index in [0.29, 0.717) is 6.61 Å². The fourth-order valence-electron chi connectivity index (χ4n) is 4.98. The number of carbonyl (C=O) groups excluding carboxylic acids is 1. The van der Waals surface area contributed by atoms with Gasteiger partial charge in [0.2, 0.25) is 0 Å². The van der Waals surface area contributed by atoms with Crippen molar-refractivity contribution in [3.63, 3.8) is 0 Å². The zero-order chi connectivity index (χ0) is 21.7. The van der Waals surface area contributed by atoms with Crippen LogP contribution in [0.1, 0.15) is 56.8 Å². The average Bonchev–Trinajstić information content (AvgIpc) is 3.24. The molecule has 31 heavy (non-hydrogen) atoms. The van der Waals surface area contributed by atoms with E-state index in [1.165, 1.54) is 12.0 Å². The summed E-state index contributed by atoms with van der Waals surface area (Å²) in [5.41, 5.74) is 1.96. The van der Waals surface area contributed by atoms with Gasteiger partial charge in [0.1, 0.15) is 5.82 Å². The van der Waals surface area contributed by atoms with Crippen molar-refractivity contribution < 1.29 is 14.3 Å². The summed E-state index contributed by atoms with van der Waals surface area (Å²) < 4.78 is 13.7. The molecule has 4 rings (SSSR count). The number of hydrogen-bond acceptors (Lipinski definition) is 5. The second kappa shape index (κ2) is 9.96. The molecule has 2 aliphatic rings. The van der Waals surface area contributed by atoms with E-state index in [2.05, 4.69) is 45.6 Å².